The molecule has 1 fully saturated rings. The zero-order chi connectivity index (χ0) is 18.4. The first-order valence-corrected chi connectivity index (χ1v) is 9.11. The Labute approximate surface area is 149 Å². The van der Waals surface area contributed by atoms with E-state index in [1.54, 1.807) is 0 Å². The molecule has 1 saturated heterocycles. The molecule has 1 amide bonds. The second kappa shape index (κ2) is 6.41. The highest BCUT2D eigenvalue weighted by Gasteiger charge is 2.26. The first-order valence-electron chi connectivity index (χ1n) is 9.11. The molecule has 0 aliphatic carbocycles. The smallest absolute Gasteiger partial charge is 0.252 e. The summed E-state index contributed by atoms with van der Waals surface area (Å²) in [6.45, 7) is 14.2. The SMILES string of the molecule is Cc1nn(C(C)(C)C)c2nc(C(C)C)cc(C(=O)NC3CCNC3)c12. The van der Waals surface area contributed by atoms with Crippen LogP contribution in [-0.4, -0.2) is 39.8 Å². The lowest BCUT2D eigenvalue weighted by atomic mass is 10.0. The van der Waals surface area contributed by atoms with Gasteiger partial charge < -0.3 is 10.6 Å². The van der Waals surface area contributed by atoms with Crippen LogP contribution in [0.1, 0.15) is 68.7 Å². The Bertz CT molecular complexity index is 794. The van der Waals surface area contributed by atoms with Crippen LogP contribution >= 0.6 is 0 Å². The van der Waals surface area contributed by atoms with E-state index >= 15 is 0 Å². The van der Waals surface area contributed by atoms with Crippen LogP contribution in [0.3, 0.4) is 0 Å². The Balaban J connectivity index is 2.15. The number of rotatable bonds is 3. The molecule has 1 atom stereocenters. The van der Waals surface area contributed by atoms with Crippen LogP contribution in [0.5, 0.6) is 0 Å². The largest absolute Gasteiger partial charge is 0.348 e. The Morgan fingerprint density at radius 1 is 1.40 bits per heavy atom. The number of aromatic nitrogens is 3. The van der Waals surface area contributed by atoms with E-state index < -0.39 is 0 Å². The lowest BCUT2D eigenvalue weighted by Gasteiger charge is -2.20. The van der Waals surface area contributed by atoms with Crippen LogP contribution < -0.4 is 10.6 Å². The van der Waals surface area contributed by atoms with Crippen molar-refractivity contribution < 1.29 is 4.79 Å². The molecule has 0 spiro atoms. The monoisotopic (exact) mass is 343 g/mol. The number of hydrogen-bond donors (Lipinski definition) is 2. The number of aryl methyl sites for hydroxylation is 1. The van der Waals surface area contributed by atoms with Gasteiger partial charge in [-0.15, -0.1) is 0 Å². The summed E-state index contributed by atoms with van der Waals surface area (Å²) in [5, 5.41) is 12.0. The van der Waals surface area contributed by atoms with Crippen molar-refractivity contribution in [3.8, 4) is 0 Å². The van der Waals surface area contributed by atoms with Crippen LogP contribution in [-0.2, 0) is 5.54 Å². The molecule has 1 unspecified atom stereocenters. The molecule has 25 heavy (non-hydrogen) atoms. The fraction of sp³-hybridized carbons (Fsp3) is 0.632. The molecular formula is C19H29N5O. The number of fused-ring (bicyclic) bond motifs is 1. The van der Waals surface area contributed by atoms with Crippen molar-refractivity contribution in [1.29, 1.82) is 0 Å². The number of carbonyl (C=O) groups is 1. The van der Waals surface area contributed by atoms with Gasteiger partial charge in [-0.2, -0.15) is 5.10 Å². The van der Waals surface area contributed by atoms with E-state index in [0.717, 1.165) is 41.9 Å². The maximum atomic E-state index is 13.0. The molecule has 3 heterocycles. The molecule has 0 saturated carbocycles. The molecule has 2 aromatic rings. The van der Waals surface area contributed by atoms with Gasteiger partial charge in [-0.25, -0.2) is 9.67 Å². The zero-order valence-corrected chi connectivity index (χ0v) is 16.1. The summed E-state index contributed by atoms with van der Waals surface area (Å²) in [7, 11) is 0. The minimum atomic E-state index is -0.196. The Hall–Kier alpha value is -1.95. The van der Waals surface area contributed by atoms with E-state index in [9.17, 15) is 4.79 Å². The lowest BCUT2D eigenvalue weighted by Crippen LogP contribution is -2.36. The fourth-order valence-corrected chi connectivity index (χ4v) is 3.29. The molecule has 6 nitrogen and oxygen atoms in total. The molecule has 1 aliphatic rings. The van der Waals surface area contributed by atoms with Gasteiger partial charge >= 0.3 is 0 Å². The third-order valence-electron chi connectivity index (χ3n) is 4.70. The summed E-state index contributed by atoms with van der Waals surface area (Å²) in [5.41, 5.74) is 3.06. The van der Waals surface area contributed by atoms with Gasteiger partial charge in [0.1, 0.15) is 0 Å². The molecule has 2 aromatic heterocycles. The van der Waals surface area contributed by atoms with Crippen LogP contribution in [0.25, 0.3) is 11.0 Å². The van der Waals surface area contributed by atoms with Crippen molar-refractivity contribution in [2.24, 2.45) is 0 Å². The quantitative estimate of drug-likeness (QED) is 0.899. The number of nitrogens with one attached hydrogen (secondary N) is 2. The van der Waals surface area contributed by atoms with Crippen molar-refractivity contribution in [3.05, 3.63) is 23.0 Å². The number of nitrogens with zero attached hydrogens (tertiary/aromatic N) is 3. The Kier molecular flexibility index (Phi) is 4.58. The Morgan fingerprint density at radius 2 is 2.12 bits per heavy atom. The predicted octanol–water partition coefficient (Wildman–Crippen LogP) is 2.71. The summed E-state index contributed by atoms with van der Waals surface area (Å²) >= 11 is 0. The molecule has 6 heteroatoms. The third kappa shape index (κ3) is 3.40. The first-order chi connectivity index (χ1) is 11.7. The minimum absolute atomic E-state index is 0.0282. The van der Waals surface area contributed by atoms with Gasteiger partial charge in [0.2, 0.25) is 0 Å². The predicted molar refractivity (Wildman–Crippen MR) is 100 cm³/mol. The van der Waals surface area contributed by atoms with E-state index in [-0.39, 0.29) is 23.4 Å². The standard InChI is InChI=1S/C19H29N5O/c1-11(2)15-9-14(18(25)21-13-7-8-20-10-13)16-12(3)23-24(17(16)22-15)19(4,5)6/h9,11,13,20H,7-8,10H2,1-6H3,(H,21,25). The van der Waals surface area contributed by atoms with E-state index in [4.69, 9.17) is 10.1 Å². The van der Waals surface area contributed by atoms with Crippen LogP contribution in [0.2, 0.25) is 0 Å². The number of amides is 1. The van der Waals surface area contributed by atoms with Crippen LogP contribution in [0, 0.1) is 6.92 Å². The molecule has 0 bridgehead atoms. The summed E-state index contributed by atoms with van der Waals surface area (Å²) in [6, 6.07) is 2.13. The average Bonchev–Trinajstić information content (AvgIpc) is 3.14. The topological polar surface area (TPSA) is 71.8 Å². The van der Waals surface area contributed by atoms with Crippen LogP contribution in [0.4, 0.5) is 0 Å². The van der Waals surface area contributed by atoms with E-state index in [1.165, 1.54) is 0 Å². The number of carbonyl (C=O) groups excluding carboxylic acids is 1. The minimum Gasteiger partial charge on any atom is -0.348 e. The Morgan fingerprint density at radius 3 is 2.68 bits per heavy atom. The van der Waals surface area contributed by atoms with Crippen molar-refractivity contribution in [2.45, 2.75) is 65.5 Å². The van der Waals surface area contributed by atoms with Gasteiger partial charge in [0.25, 0.3) is 5.91 Å². The van der Waals surface area contributed by atoms with Gasteiger partial charge in [-0.05, 0) is 52.6 Å². The van der Waals surface area contributed by atoms with E-state index in [1.807, 2.05) is 17.7 Å². The maximum Gasteiger partial charge on any atom is 0.252 e. The number of hydrogen-bond acceptors (Lipinski definition) is 4. The molecule has 0 radical (unpaired) electrons. The van der Waals surface area contributed by atoms with Crippen LogP contribution in [0.15, 0.2) is 6.07 Å². The molecule has 0 aromatic carbocycles. The average molecular weight is 343 g/mol. The fourth-order valence-electron chi connectivity index (χ4n) is 3.29. The van der Waals surface area contributed by atoms with E-state index in [0.29, 0.717) is 5.56 Å². The third-order valence-corrected chi connectivity index (χ3v) is 4.70. The normalized spacial score (nSPS) is 18.3. The highest BCUT2D eigenvalue weighted by molar-refractivity contribution is 6.06. The van der Waals surface area contributed by atoms with Gasteiger partial charge in [0.05, 0.1) is 22.2 Å². The van der Waals surface area contributed by atoms with Crippen molar-refractivity contribution in [2.75, 3.05) is 13.1 Å². The lowest BCUT2D eigenvalue weighted by molar-refractivity contribution is 0.0941. The molecule has 136 valence electrons. The molecular weight excluding hydrogens is 314 g/mol. The summed E-state index contributed by atoms with van der Waals surface area (Å²) < 4.78 is 1.94. The van der Waals surface area contributed by atoms with Gasteiger partial charge in [-0.3, -0.25) is 4.79 Å². The first kappa shape index (κ1) is 17.9. The van der Waals surface area contributed by atoms with Gasteiger partial charge in [0, 0.05) is 18.3 Å². The second-order valence-electron chi connectivity index (χ2n) is 8.28. The molecule has 2 N–H and O–H groups in total. The summed E-state index contributed by atoms with van der Waals surface area (Å²) in [6.07, 6.45) is 0.969. The molecule has 1 aliphatic heterocycles. The molecule has 3 rings (SSSR count). The van der Waals surface area contributed by atoms with Crippen molar-refractivity contribution in [1.82, 2.24) is 25.4 Å². The summed E-state index contributed by atoms with van der Waals surface area (Å²) in [4.78, 5) is 17.8. The van der Waals surface area contributed by atoms with Crippen molar-refractivity contribution in [3.63, 3.8) is 0 Å². The number of pyridine rings is 1. The second-order valence-corrected chi connectivity index (χ2v) is 8.28. The van der Waals surface area contributed by atoms with Crippen molar-refractivity contribution >= 4 is 16.9 Å². The highest BCUT2D eigenvalue weighted by Crippen LogP contribution is 2.29. The van der Waals surface area contributed by atoms with E-state index in [2.05, 4.69) is 45.3 Å². The van der Waals surface area contributed by atoms with Gasteiger partial charge in [0.15, 0.2) is 5.65 Å². The van der Waals surface area contributed by atoms with Gasteiger partial charge in [-0.1, -0.05) is 13.8 Å². The maximum absolute atomic E-state index is 13.0. The highest BCUT2D eigenvalue weighted by atomic mass is 16.1. The summed E-state index contributed by atoms with van der Waals surface area (Å²) in [5.74, 6) is 0.215. The zero-order valence-electron chi connectivity index (χ0n) is 16.1.